The topological polar surface area (TPSA) is 63.1 Å². The van der Waals surface area contributed by atoms with Gasteiger partial charge in [0.25, 0.3) is 5.91 Å². The fourth-order valence-corrected chi connectivity index (χ4v) is 3.18. The molecule has 1 N–H and O–H groups in total. The summed E-state index contributed by atoms with van der Waals surface area (Å²) in [5.74, 6) is -0.174. The Morgan fingerprint density at radius 3 is 2.71 bits per heavy atom. The third kappa shape index (κ3) is 3.16. The maximum absolute atomic E-state index is 12.8. The molecule has 1 amide bonds. The second-order valence-electron chi connectivity index (χ2n) is 6.25. The Bertz CT molecular complexity index is 751. The number of anilines is 1. The SMILES string of the molecule is Cc1ccc(N(C)C(=O)c2nnn(C3CCNCC3)c2C)cc1Cl. The summed E-state index contributed by atoms with van der Waals surface area (Å²) >= 11 is 6.17. The van der Waals surface area contributed by atoms with Crippen molar-refractivity contribution in [2.24, 2.45) is 0 Å². The summed E-state index contributed by atoms with van der Waals surface area (Å²) in [5.41, 5.74) is 2.94. The van der Waals surface area contributed by atoms with Gasteiger partial charge in [-0.1, -0.05) is 22.9 Å². The van der Waals surface area contributed by atoms with Gasteiger partial charge in [0.05, 0.1) is 11.7 Å². The Labute approximate surface area is 146 Å². The molecule has 0 spiro atoms. The van der Waals surface area contributed by atoms with Gasteiger partial charge in [-0.15, -0.1) is 5.10 Å². The lowest BCUT2D eigenvalue weighted by molar-refractivity contribution is 0.0987. The molecule has 128 valence electrons. The number of amides is 1. The van der Waals surface area contributed by atoms with Crippen molar-refractivity contribution in [3.05, 3.63) is 40.2 Å². The summed E-state index contributed by atoms with van der Waals surface area (Å²) in [7, 11) is 1.73. The number of rotatable bonds is 3. The van der Waals surface area contributed by atoms with Crippen molar-refractivity contribution in [1.29, 1.82) is 0 Å². The average Bonchev–Trinajstić information content (AvgIpc) is 2.98. The van der Waals surface area contributed by atoms with Gasteiger partial charge in [0, 0.05) is 17.8 Å². The number of piperidine rings is 1. The first-order chi connectivity index (χ1) is 11.5. The molecule has 3 rings (SSSR count). The van der Waals surface area contributed by atoms with E-state index in [4.69, 9.17) is 11.6 Å². The zero-order valence-electron chi connectivity index (χ0n) is 14.2. The molecule has 0 saturated carbocycles. The molecule has 0 bridgehead atoms. The number of benzene rings is 1. The summed E-state index contributed by atoms with van der Waals surface area (Å²) < 4.78 is 1.89. The Morgan fingerprint density at radius 1 is 1.33 bits per heavy atom. The highest BCUT2D eigenvalue weighted by Gasteiger charge is 2.25. The lowest BCUT2D eigenvalue weighted by Gasteiger charge is -2.23. The molecule has 1 aliphatic heterocycles. The van der Waals surface area contributed by atoms with Crippen LogP contribution in [0.4, 0.5) is 5.69 Å². The van der Waals surface area contributed by atoms with E-state index in [1.54, 1.807) is 18.0 Å². The largest absolute Gasteiger partial charge is 0.317 e. The van der Waals surface area contributed by atoms with E-state index in [-0.39, 0.29) is 5.91 Å². The Hall–Kier alpha value is -1.92. The number of halogens is 1. The van der Waals surface area contributed by atoms with Crippen molar-refractivity contribution in [3.8, 4) is 0 Å². The van der Waals surface area contributed by atoms with Crippen LogP contribution in [0.5, 0.6) is 0 Å². The molecule has 2 aromatic rings. The van der Waals surface area contributed by atoms with Gasteiger partial charge in [0.2, 0.25) is 0 Å². The summed E-state index contributed by atoms with van der Waals surface area (Å²) in [4.78, 5) is 14.4. The van der Waals surface area contributed by atoms with Crippen LogP contribution in [0.25, 0.3) is 0 Å². The molecular weight excluding hydrogens is 326 g/mol. The van der Waals surface area contributed by atoms with Gasteiger partial charge < -0.3 is 10.2 Å². The molecule has 2 heterocycles. The lowest BCUT2D eigenvalue weighted by atomic mass is 10.1. The number of hydrogen-bond acceptors (Lipinski definition) is 4. The number of nitrogens with zero attached hydrogens (tertiary/aromatic N) is 4. The highest BCUT2D eigenvalue weighted by atomic mass is 35.5. The van der Waals surface area contributed by atoms with E-state index in [9.17, 15) is 4.79 Å². The van der Waals surface area contributed by atoms with E-state index in [1.807, 2.05) is 30.7 Å². The van der Waals surface area contributed by atoms with Crippen LogP contribution in [0.1, 0.15) is 40.6 Å². The van der Waals surface area contributed by atoms with Crippen molar-refractivity contribution in [2.75, 3.05) is 25.0 Å². The first-order valence-corrected chi connectivity index (χ1v) is 8.53. The average molecular weight is 348 g/mol. The van der Waals surface area contributed by atoms with Crippen LogP contribution in [0, 0.1) is 13.8 Å². The Balaban J connectivity index is 1.84. The van der Waals surface area contributed by atoms with E-state index >= 15 is 0 Å². The zero-order chi connectivity index (χ0) is 17.3. The van der Waals surface area contributed by atoms with Crippen LogP contribution >= 0.6 is 11.6 Å². The highest BCUT2D eigenvalue weighted by Crippen LogP contribution is 2.25. The van der Waals surface area contributed by atoms with Gasteiger partial charge in [-0.2, -0.15) is 0 Å². The molecule has 6 nitrogen and oxygen atoms in total. The van der Waals surface area contributed by atoms with E-state index in [0.29, 0.717) is 16.8 Å². The summed E-state index contributed by atoms with van der Waals surface area (Å²) in [6, 6.07) is 5.88. The number of aryl methyl sites for hydroxylation is 1. The van der Waals surface area contributed by atoms with Crippen molar-refractivity contribution < 1.29 is 4.79 Å². The molecule has 1 aromatic heterocycles. The molecule has 0 atom stereocenters. The summed E-state index contributed by atoms with van der Waals surface area (Å²) in [5, 5.41) is 12.4. The number of carbonyl (C=O) groups is 1. The van der Waals surface area contributed by atoms with Crippen molar-refractivity contribution in [1.82, 2.24) is 20.3 Å². The molecule has 0 unspecified atom stereocenters. The Kier molecular flexibility index (Phi) is 4.87. The molecule has 0 aliphatic carbocycles. The highest BCUT2D eigenvalue weighted by molar-refractivity contribution is 6.31. The molecule has 1 aromatic carbocycles. The van der Waals surface area contributed by atoms with Gasteiger partial charge >= 0.3 is 0 Å². The molecule has 1 fully saturated rings. The summed E-state index contributed by atoms with van der Waals surface area (Å²) in [6.45, 7) is 5.78. The molecule has 7 heteroatoms. The fraction of sp³-hybridized carbons (Fsp3) is 0.471. The smallest absolute Gasteiger partial charge is 0.280 e. The fourth-order valence-electron chi connectivity index (χ4n) is 3.00. The third-order valence-corrected chi connectivity index (χ3v) is 5.04. The number of carbonyl (C=O) groups excluding carboxylic acids is 1. The van der Waals surface area contributed by atoms with E-state index in [1.165, 1.54) is 0 Å². The first kappa shape index (κ1) is 16.9. The molecule has 1 aliphatic rings. The van der Waals surface area contributed by atoms with E-state index in [2.05, 4.69) is 15.6 Å². The van der Waals surface area contributed by atoms with E-state index < -0.39 is 0 Å². The van der Waals surface area contributed by atoms with Crippen molar-refractivity contribution in [2.45, 2.75) is 32.7 Å². The van der Waals surface area contributed by atoms with Crippen molar-refractivity contribution >= 4 is 23.2 Å². The third-order valence-electron chi connectivity index (χ3n) is 4.63. The normalized spacial score (nSPS) is 15.5. The lowest BCUT2D eigenvalue weighted by Crippen LogP contribution is -2.31. The van der Waals surface area contributed by atoms with Crippen LogP contribution in [0.15, 0.2) is 18.2 Å². The van der Waals surface area contributed by atoms with Gasteiger partial charge in [-0.3, -0.25) is 4.79 Å². The second kappa shape index (κ2) is 6.91. The number of aromatic nitrogens is 3. The minimum atomic E-state index is -0.174. The minimum Gasteiger partial charge on any atom is -0.317 e. The molecular formula is C17H22ClN5O. The van der Waals surface area contributed by atoms with Gasteiger partial charge in [-0.05, 0) is 57.5 Å². The van der Waals surface area contributed by atoms with Crippen molar-refractivity contribution in [3.63, 3.8) is 0 Å². The van der Waals surface area contributed by atoms with Crippen LogP contribution in [-0.2, 0) is 0 Å². The predicted octanol–water partition coefficient (Wildman–Crippen LogP) is 2.75. The number of nitrogens with one attached hydrogen (secondary N) is 1. The van der Waals surface area contributed by atoms with Gasteiger partial charge in [0.15, 0.2) is 5.69 Å². The van der Waals surface area contributed by atoms with Crippen LogP contribution in [-0.4, -0.2) is 41.0 Å². The van der Waals surface area contributed by atoms with Crippen LogP contribution < -0.4 is 10.2 Å². The number of hydrogen-bond donors (Lipinski definition) is 1. The monoisotopic (exact) mass is 347 g/mol. The molecule has 24 heavy (non-hydrogen) atoms. The molecule has 0 radical (unpaired) electrons. The summed E-state index contributed by atoms with van der Waals surface area (Å²) in [6.07, 6.45) is 2.00. The quantitative estimate of drug-likeness (QED) is 0.927. The molecule has 1 saturated heterocycles. The minimum absolute atomic E-state index is 0.174. The zero-order valence-corrected chi connectivity index (χ0v) is 15.0. The maximum atomic E-state index is 12.8. The van der Waals surface area contributed by atoms with Crippen LogP contribution in [0.3, 0.4) is 0 Å². The second-order valence-corrected chi connectivity index (χ2v) is 6.65. The standard InChI is InChI=1S/C17H22ClN5O/c1-11-4-5-14(10-15(11)18)22(3)17(24)16-12(2)23(21-20-16)13-6-8-19-9-7-13/h4-5,10,13,19H,6-9H2,1-3H3. The predicted molar refractivity (Wildman–Crippen MR) is 94.8 cm³/mol. The van der Waals surface area contributed by atoms with Gasteiger partial charge in [0.1, 0.15) is 0 Å². The Morgan fingerprint density at radius 2 is 2.04 bits per heavy atom. The van der Waals surface area contributed by atoms with Gasteiger partial charge in [-0.25, -0.2) is 4.68 Å². The van der Waals surface area contributed by atoms with Crippen LogP contribution in [0.2, 0.25) is 5.02 Å². The maximum Gasteiger partial charge on any atom is 0.280 e. The van der Waals surface area contributed by atoms with E-state index in [0.717, 1.165) is 42.9 Å². The first-order valence-electron chi connectivity index (χ1n) is 8.15.